The quantitative estimate of drug-likeness (QED) is 0.783. The third-order valence-electron chi connectivity index (χ3n) is 3.33. The molecule has 0 radical (unpaired) electrons. The van der Waals surface area contributed by atoms with Crippen molar-refractivity contribution in [3.8, 4) is 11.8 Å². The van der Waals surface area contributed by atoms with Gasteiger partial charge in [-0.3, -0.25) is 4.79 Å². The van der Waals surface area contributed by atoms with Crippen molar-refractivity contribution in [1.82, 2.24) is 0 Å². The maximum atomic E-state index is 12.3. The predicted molar refractivity (Wildman–Crippen MR) is 81.4 cm³/mol. The van der Waals surface area contributed by atoms with Crippen LogP contribution in [0.4, 0.5) is 0 Å². The second-order valence-corrected chi connectivity index (χ2v) is 4.78. The summed E-state index contributed by atoms with van der Waals surface area (Å²) in [6, 6.07) is 16.5. The third-order valence-corrected chi connectivity index (χ3v) is 3.33. The molecule has 0 N–H and O–H groups in total. The number of aryl methyl sites for hydroxylation is 1. The molecule has 2 aromatic rings. The van der Waals surface area contributed by atoms with Crippen LogP contribution in [-0.2, 0) is 6.42 Å². The van der Waals surface area contributed by atoms with Gasteiger partial charge >= 0.3 is 0 Å². The van der Waals surface area contributed by atoms with Crippen LogP contribution < -0.4 is 4.74 Å². The summed E-state index contributed by atoms with van der Waals surface area (Å²) < 4.78 is 5.64. The number of nitrogens with zero attached hydrogens (tertiary/aromatic N) is 1. The Bertz CT molecular complexity index is 668. The molecule has 0 saturated heterocycles. The van der Waals surface area contributed by atoms with Crippen LogP contribution in [0.5, 0.6) is 5.75 Å². The summed E-state index contributed by atoms with van der Waals surface area (Å²) >= 11 is 0. The Kier molecular flexibility index (Phi) is 4.73. The lowest BCUT2D eigenvalue weighted by Gasteiger charge is -2.14. The van der Waals surface area contributed by atoms with Gasteiger partial charge < -0.3 is 4.74 Å². The van der Waals surface area contributed by atoms with E-state index in [0.29, 0.717) is 16.9 Å². The van der Waals surface area contributed by atoms with E-state index in [1.807, 2.05) is 24.3 Å². The zero-order valence-corrected chi connectivity index (χ0v) is 12.2. The molecule has 0 saturated carbocycles. The number of carbonyl (C=O) groups excluding carboxylic acids is 1. The van der Waals surface area contributed by atoms with Gasteiger partial charge in [0.2, 0.25) is 5.78 Å². The highest BCUT2D eigenvalue weighted by Gasteiger charge is 2.18. The maximum absolute atomic E-state index is 12.3. The highest BCUT2D eigenvalue weighted by atomic mass is 16.5. The van der Waals surface area contributed by atoms with Gasteiger partial charge in [0.1, 0.15) is 11.8 Å². The zero-order valence-electron chi connectivity index (χ0n) is 12.2. The summed E-state index contributed by atoms with van der Waals surface area (Å²) in [6.45, 7) is 3.77. The van der Waals surface area contributed by atoms with E-state index in [9.17, 15) is 4.79 Å². The predicted octanol–water partition coefficient (Wildman–Crippen LogP) is 3.77. The van der Waals surface area contributed by atoms with Crippen LogP contribution in [-0.4, -0.2) is 11.9 Å². The molecular formula is C18H17NO2. The fourth-order valence-electron chi connectivity index (χ4n) is 2.05. The van der Waals surface area contributed by atoms with E-state index in [1.165, 1.54) is 5.56 Å². The second kappa shape index (κ2) is 6.71. The summed E-state index contributed by atoms with van der Waals surface area (Å²) in [6.07, 6.45) is 0.308. The number of nitriles is 1. The molecule has 0 amide bonds. The lowest BCUT2D eigenvalue weighted by molar-refractivity contribution is 0.0817. The van der Waals surface area contributed by atoms with Crippen molar-refractivity contribution in [2.75, 3.05) is 0 Å². The monoisotopic (exact) mass is 279 g/mol. The van der Waals surface area contributed by atoms with Crippen molar-refractivity contribution in [1.29, 1.82) is 5.26 Å². The number of hydrogen-bond acceptors (Lipinski definition) is 3. The Morgan fingerprint density at radius 3 is 2.48 bits per heavy atom. The van der Waals surface area contributed by atoms with Gasteiger partial charge in [0, 0.05) is 5.56 Å². The summed E-state index contributed by atoms with van der Waals surface area (Å²) in [5.74, 6) is 0.344. The molecule has 0 heterocycles. The minimum Gasteiger partial charge on any atom is -0.481 e. The Labute approximate surface area is 124 Å². The van der Waals surface area contributed by atoms with E-state index in [2.05, 4.69) is 13.0 Å². The maximum Gasteiger partial charge on any atom is 0.202 e. The fraction of sp³-hybridized carbons (Fsp3) is 0.222. The molecule has 0 fully saturated rings. The van der Waals surface area contributed by atoms with Gasteiger partial charge in [-0.2, -0.15) is 5.26 Å². The van der Waals surface area contributed by atoms with Crippen molar-refractivity contribution in [2.45, 2.75) is 26.4 Å². The van der Waals surface area contributed by atoms with Gasteiger partial charge in [-0.05, 0) is 31.0 Å². The van der Waals surface area contributed by atoms with E-state index < -0.39 is 6.10 Å². The van der Waals surface area contributed by atoms with Crippen molar-refractivity contribution >= 4 is 5.78 Å². The number of ether oxygens (including phenoxy) is 1. The Morgan fingerprint density at radius 2 is 1.86 bits per heavy atom. The van der Waals surface area contributed by atoms with Crippen molar-refractivity contribution < 1.29 is 9.53 Å². The average Bonchev–Trinajstić information content (AvgIpc) is 2.54. The van der Waals surface area contributed by atoms with Crippen LogP contribution in [0.3, 0.4) is 0 Å². The Morgan fingerprint density at radius 1 is 1.19 bits per heavy atom. The first-order valence-corrected chi connectivity index (χ1v) is 6.94. The molecule has 3 nitrogen and oxygen atoms in total. The normalized spacial score (nSPS) is 11.5. The lowest BCUT2D eigenvalue weighted by atomic mass is 10.0. The first-order valence-electron chi connectivity index (χ1n) is 6.94. The standard InChI is InChI=1S/C18H17NO2/c1-3-14-8-10-15(11-9-14)18(20)13(2)21-17-7-5-4-6-16(17)12-19/h4-11,13H,3H2,1-2H3. The topological polar surface area (TPSA) is 50.1 Å². The largest absolute Gasteiger partial charge is 0.481 e. The molecule has 2 aromatic carbocycles. The molecule has 3 heteroatoms. The van der Waals surface area contributed by atoms with E-state index in [1.54, 1.807) is 31.2 Å². The highest BCUT2D eigenvalue weighted by Crippen LogP contribution is 2.19. The molecule has 0 aliphatic carbocycles. The molecule has 0 aliphatic heterocycles. The molecule has 0 aliphatic rings. The number of benzene rings is 2. The minimum atomic E-state index is -0.632. The first kappa shape index (κ1) is 14.8. The molecule has 1 unspecified atom stereocenters. The number of hydrogen-bond donors (Lipinski definition) is 0. The summed E-state index contributed by atoms with van der Waals surface area (Å²) in [4.78, 5) is 12.3. The Hall–Kier alpha value is -2.60. The zero-order chi connectivity index (χ0) is 15.2. The highest BCUT2D eigenvalue weighted by molar-refractivity contribution is 5.99. The lowest BCUT2D eigenvalue weighted by Crippen LogP contribution is -2.24. The average molecular weight is 279 g/mol. The van der Waals surface area contributed by atoms with Crippen molar-refractivity contribution in [2.24, 2.45) is 0 Å². The van der Waals surface area contributed by atoms with Crippen LogP contribution in [0.2, 0.25) is 0 Å². The summed E-state index contributed by atoms with van der Waals surface area (Å²) in [7, 11) is 0. The van der Waals surface area contributed by atoms with Crippen molar-refractivity contribution in [3.63, 3.8) is 0 Å². The van der Waals surface area contributed by atoms with Gasteiger partial charge in [0.25, 0.3) is 0 Å². The molecule has 0 spiro atoms. The van der Waals surface area contributed by atoms with E-state index >= 15 is 0 Å². The molecule has 0 aromatic heterocycles. The Balaban J connectivity index is 2.14. The van der Waals surface area contributed by atoms with Gasteiger partial charge in [-0.25, -0.2) is 0 Å². The van der Waals surface area contributed by atoms with Crippen molar-refractivity contribution in [3.05, 3.63) is 65.2 Å². The van der Waals surface area contributed by atoms with E-state index in [0.717, 1.165) is 6.42 Å². The minimum absolute atomic E-state index is 0.0922. The smallest absolute Gasteiger partial charge is 0.202 e. The summed E-state index contributed by atoms with van der Waals surface area (Å²) in [5, 5.41) is 9.03. The van der Waals surface area contributed by atoms with Gasteiger partial charge in [0.15, 0.2) is 6.10 Å². The van der Waals surface area contributed by atoms with E-state index in [4.69, 9.17) is 10.00 Å². The van der Waals surface area contributed by atoms with Crippen LogP contribution in [0.25, 0.3) is 0 Å². The first-order chi connectivity index (χ1) is 10.2. The molecule has 1 atom stereocenters. The van der Waals surface area contributed by atoms with Gasteiger partial charge in [-0.1, -0.05) is 43.3 Å². The number of rotatable bonds is 5. The molecule has 2 rings (SSSR count). The number of ketones is 1. The van der Waals surface area contributed by atoms with Crippen LogP contribution >= 0.6 is 0 Å². The molecular weight excluding hydrogens is 262 g/mol. The number of Topliss-reactive ketones (excluding diaryl/α,β-unsaturated/α-hetero) is 1. The van der Waals surface area contributed by atoms with E-state index in [-0.39, 0.29) is 5.78 Å². The van der Waals surface area contributed by atoms with Gasteiger partial charge in [-0.15, -0.1) is 0 Å². The number of carbonyl (C=O) groups is 1. The SMILES string of the molecule is CCc1ccc(C(=O)C(C)Oc2ccccc2C#N)cc1. The van der Waals surface area contributed by atoms with Crippen LogP contribution in [0.1, 0.15) is 35.3 Å². The molecule has 106 valence electrons. The molecule has 21 heavy (non-hydrogen) atoms. The fourth-order valence-corrected chi connectivity index (χ4v) is 2.05. The van der Waals surface area contributed by atoms with Crippen LogP contribution in [0.15, 0.2) is 48.5 Å². The molecule has 0 bridgehead atoms. The van der Waals surface area contributed by atoms with Gasteiger partial charge in [0.05, 0.1) is 5.56 Å². The second-order valence-electron chi connectivity index (χ2n) is 4.78. The van der Waals surface area contributed by atoms with Crippen LogP contribution in [0, 0.1) is 11.3 Å². The third kappa shape index (κ3) is 3.49. The summed E-state index contributed by atoms with van der Waals surface area (Å²) in [5.41, 5.74) is 2.24. The number of para-hydroxylation sites is 1.